The van der Waals surface area contributed by atoms with Gasteiger partial charge in [-0.05, 0) is 42.3 Å². The van der Waals surface area contributed by atoms with Crippen molar-refractivity contribution in [3.05, 3.63) is 64.2 Å². The summed E-state index contributed by atoms with van der Waals surface area (Å²) in [4.78, 5) is 22.1. The van der Waals surface area contributed by atoms with E-state index in [2.05, 4.69) is 15.3 Å². The maximum absolute atomic E-state index is 13.1. The topological polar surface area (TPSA) is 93.6 Å². The number of benzene rings is 1. The van der Waals surface area contributed by atoms with Crippen LogP contribution in [0.1, 0.15) is 40.6 Å². The van der Waals surface area contributed by atoms with Gasteiger partial charge in [0.05, 0.1) is 23.7 Å². The molecule has 1 saturated carbocycles. The number of carbonyl (C=O) groups excluding carboxylic acids is 1. The van der Waals surface area contributed by atoms with Crippen LogP contribution < -0.4 is 14.8 Å². The highest BCUT2D eigenvalue weighted by molar-refractivity contribution is 7.12. The lowest BCUT2D eigenvalue weighted by Gasteiger charge is -2.15. The van der Waals surface area contributed by atoms with Gasteiger partial charge in [-0.3, -0.25) is 4.79 Å². The Labute approximate surface area is 185 Å². The number of thiophene rings is 1. The van der Waals surface area contributed by atoms with Crippen molar-refractivity contribution in [1.29, 1.82) is 0 Å². The van der Waals surface area contributed by atoms with E-state index in [0.29, 0.717) is 40.8 Å². The number of hydrogen-bond donors (Lipinski definition) is 2. The molecular weight excluding hydrogens is 414 g/mol. The third-order valence-electron chi connectivity index (χ3n) is 5.48. The summed E-state index contributed by atoms with van der Waals surface area (Å²) in [7, 11) is 1.60. The number of ketones is 1. The van der Waals surface area contributed by atoms with Crippen molar-refractivity contribution in [2.45, 2.75) is 38.5 Å². The molecule has 7 nitrogen and oxygen atoms in total. The predicted molar refractivity (Wildman–Crippen MR) is 119 cm³/mol. The van der Waals surface area contributed by atoms with Gasteiger partial charge in [0, 0.05) is 17.8 Å². The van der Waals surface area contributed by atoms with E-state index < -0.39 is 0 Å². The lowest BCUT2D eigenvalue weighted by atomic mass is 10.1. The van der Waals surface area contributed by atoms with Gasteiger partial charge in [0.25, 0.3) is 0 Å². The molecule has 3 atom stereocenters. The van der Waals surface area contributed by atoms with E-state index in [0.717, 1.165) is 12.0 Å². The molecule has 0 aliphatic heterocycles. The number of anilines is 1. The van der Waals surface area contributed by atoms with Gasteiger partial charge in [-0.2, -0.15) is 0 Å². The zero-order valence-corrected chi connectivity index (χ0v) is 18.3. The Morgan fingerprint density at radius 2 is 2.10 bits per heavy atom. The molecule has 31 heavy (non-hydrogen) atoms. The maximum atomic E-state index is 13.1. The summed E-state index contributed by atoms with van der Waals surface area (Å²) >= 11 is 1.37. The van der Waals surface area contributed by atoms with Gasteiger partial charge in [-0.1, -0.05) is 19.1 Å². The van der Waals surface area contributed by atoms with E-state index in [1.807, 2.05) is 42.6 Å². The van der Waals surface area contributed by atoms with Crippen molar-refractivity contribution in [3.8, 4) is 11.5 Å². The van der Waals surface area contributed by atoms with Gasteiger partial charge >= 0.3 is 0 Å². The Morgan fingerprint density at radius 3 is 2.84 bits per heavy atom. The van der Waals surface area contributed by atoms with Crippen LogP contribution in [0.2, 0.25) is 0 Å². The first-order valence-corrected chi connectivity index (χ1v) is 11.1. The lowest BCUT2D eigenvalue weighted by Crippen LogP contribution is -2.20. The molecule has 1 aliphatic carbocycles. The summed E-state index contributed by atoms with van der Waals surface area (Å²) in [5, 5.41) is 15.2. The summed E-state index contributed by atoms with van der Waals surface area (Å²) in [6, 6.07) is 9.37. The number of para-hydroxylation sites is 2. The van der Waals surface area contributed by atoms with E-state index in [1.54, 1.807) is 7.11 Å². The number of nitrogens with one attached hydrogen (secondary N) is 1. The van der Waals surface area contributed by atoms with Crippen LogP contribution in [-0.4, -0.2) is 40.1 Å². The van der Waals surface area contributed by atoms with Crippen LogP contribution in [-0.2, 0) is 6.61 Å². The van der Waals surface area contributed by atoms with Gasteiger partial charge in [0.2, 0.25) is 5.78 Å². The van der Waals surface area contributed by atoms with E-state index in [-0.39, 0.29) is 23.8 Å². The van der Waals surface area contributed by atoms with Crippen LogP contribution in [0.25, 0.3) is 0 Å². The smallest absolute Gasteiger partial charge is 0.208 e. The number of hydrogen-bond acceptors (Lipinski definition) is 8. The standard InChI is InChI=1S/C23H25N3O4S/c1-14-7-16(9-18(14)27)26-23-17(10-24-13-25-23)22(28)21-8-15(12-31-21)11-30-20-6-4-3-5-19(20)29-2/h3-6,8,10,12-14,16,18,27H,7,9,11H2,1-2H3,(H,24,25,26)/t14-,16-,18+/m1/s1. The van der Waals surface area contributed by atoms with Crippen LogP contribution in [0, 0.1) is 5.92 Å². The number of carbonyl (C=O) groups is 1. The van der Waals surface area contributed by atoms with Crippen LogP contribution in [0.3, 0.4) is 0 Å². The van der Waals surface area contributed by atoms with Gasteiger partial charge < -0.3 is 19.9 Å². The minimum atomic E-state index is -0.332. The number of nitrogens with zero attached hydrogens (tertiary/aromatic N) is 2. The molecule has 0 spiro atoms. The first-order valence-electron chi connectivity index (χ1n) is 10.2. The fourth-order valence-electron chi connectivity index (χ4n) is 3.75. The van der Waals surface area contributed by atoms with Crippen LogP contribution >= 0.6 is 11.3 Å². The number of aliphatic hydroxyl groups is 1. The Kier molecular flexibility index (Phi) is 6.48. The van der Waals surface area contributed by atoms with Gasteiger partial charge in [0.1, 0.15) is 18.8 Å². The van der Waals surface area contributed by atoms with E-state index in [4.69, 9.17) is 9.47 Å². The number of methoxy groups -OCH3 is 1. The highest BCUT2D eigenvalue weighted by Crippen LogP contribution is 2.30. The summed E-state index contributed by atoms with van der Waals surface area (Å²) < 4.78 is 11.2. The largest absolute Gasteiger partial charge is 0.493 e. The maximum Gasteiger partial charge on any atom is 0.208 e. The highest BCUT2D eigenvalue weighted by Gasteiger charge is 2.30. The van der Waals surface area contributed by atoms with Gasteiger partial charge in [-0.25, -0.2) is 9.97 Å². The number of aromatic nitrogens is 2. The summed E-state index contributed by atoms with van der Waals surface area (Å²) in [6.45, 7) is 2.36. The predicted octanol–water partition coefficient (Wildman–Crippen LogP) is 3.93. The summed E-state index contributed by atoms with van der Waals surface area (Å²) in [5.41, 5.74) is 1.33. The molecule has 2 aromatic heterocycles. The number of ether oxygens (including phenoxy) is 2. The second-order valence-electron chi connectivity index (χ2n) is 7.73. The van der Waals surface area contributed by atoms with Crippen LogP contribution in [0.4, 0.5) is 5.82 Å². The van der Waals surface area contributed by atoms with Crippen molar-refractivity contribution < 1.29 is 19.4 Å². The van der Waals surface area contributed by atoms with Crippen molar-refractivity contribution in [2.75, 3.05) is 12.4 Å². The summed E-state index contributed by atoms with van der Waals surface area (Å²) in [6.07, 6.45) is 4.11. The molecule has 4 rings (SSSR count). The Bertz CT molecular complexity index is 1040. The number of rotatable bonds is 8. The molecule has 2 heterocycles. The molecule has 8 heteroatoms. The zero-order chi connectivity index (χ0) is 21.8. The van der Waals surface area contributed by atoms with Crippen molar-refractivity contribution in [2.24, 2.45) is 5.92 Å². The molecule has 0 unspecified atom stereocenters. The third kappa shape index (κ3) is 4.86. The fraction of sp³-hybridized carbons (Fsp3) is 0.348. The number of aliphatic hydroxyl groups excluding tert-OH is 1. The summed E-state index contributed by atoms with van der Waals surface area (Å²) in [5.74, 6) is 1.91. The van der Waals surface area contributed by atoms with Crippen LogP contribution in [0.5, 0.6) is 11.5 Å². The molecule has 0 bridgehead atoms. The molecule has 2 N–H and O–H groups in total. The molecular formula is C23H25N3O4S. The van der Waals surface area contributed by atoms with Crippen molar-refractivity contribution in [1.82, 2.24) is 9.97 Å². The normalized spacial score (nSPS) is 20.4. The molecule has 0 radical (unpaired) electrons. The minimum absolute atomic E-state index is 0.0830. The molecule has 1 fully saturated rings. The Hall–Kier alpha value is -2.97. The average molecular weight is 440 g/mol. The molecule has 1 aromatic carbocycles. The quantitative estimate of drug-likeness (QED) is 0.514. The molecule has 3 aromatic rings. The minimum Gasteiger partial charge on any atom is -0.493 e. The van der Waals surface area contributed by atoms with Crippen molar-refractivity contribution >= 4 is 22.9 Å². The highest BCUT2D eigenvalue weighted by atomic mass is 32.1. The fourth-order valence-corrected chi connectivity index (χ4v) is 4.60. The van der Waals surface area contributed by atoms with E-state index in [1.165, 1.54) is 23.9 Å². The Balaban J connectivity index is 1.45. The van der Waals surface area contributed by atoms with Crippen LogP contribution in [0.15, 0.2) is 48.2 Å². The second kappa shape index (κ2) is 9.45. The third-order valence-corrected chi connectivity index (χ3v) is 6.46. The molecule has 162 valence electrons. The first-order chi connectivity index (χ1) is 15.0. The lowest BCUT2D eigenvalue weighted by molar-refractivity contribution is 0.104. The molecule has 0 amide bonds. The monoisotopic (exact) mass is 439 g/mol. The van der Waals surface area contributed by atoms with Crippen molar-refractivity contribution in [3.63, 3.8) is 0 Å². The van der Waals surface area contributed by atoms with Gasteiger partial charge in [0.15, 0.2) is 11.5 Å². The first kappa shape index (κ1) is 21.3. The van der Waals surface area contributed by atoms with Gasteiger partial charge in [-0.15, -0.1) is 11.3 Å². The second-order valence-corrected chi connectivity index (χ2v) is 8.64. The average Bonchev–Trinajstić information content (AvgIpc) is 3.38. The Morgan fingerprint density at radius 1 is 1.29 bits per heavy atom. The molecule has 0 saturated heterocycles. The SMILES string of the molecule is COc1ccccc1OCc1csc(C(=O)c2cncnc2N[C@@H]2C[C@@H](C)[C@@H](O)C2)c1. The van der Waals surface area contributed by atoms with E-state index >= 15 is 0 Å². The van der Waals surface area contributed by atoms with E-state index in [9.17, 15) is 9.90 Å². The zero-order valence-electron chi connectivity index (χ0n) is 17.4. The molecule has 1 aliphatic rings.